The average Bonchev–Trinajstić information content (AvgIpc) is 2.29. The van der Waals surface area contributed by atoms with E-state index >= 15 is 0 Å². The standard InChI is InChI=1S/C11H12N4O2/c1-3-15-10(16)4-8(14-11(15)17)9-6-12-7(2)5-13-9/h4-6H,3H2,1-2H3,(H,14,17). The van der Waals surface area contributed by atoms with Gasteiger partial charge in [-0.1, -0.05) is 0 Å². The van der Waals surface area contributed by atoms with Gasteiger partial charge < -0.3 is 4.98 Å². The van der Waals surface area contributed by atoms with Crippen LogP contribution in [0.2, 0.25) is 0 Å². The molecule has 0 aliphatic carbocycles. The first-order chi connectivity index (χ1) is 8.11. The number of hydrogen-bond acceptors (Lipinski definition) is 4. The molecule has 0 aliphatic rings. The fourth-order valence-electron chi connectivity index (χ4n) is 1.49. The summed E-state index contributed by atoms with van der Waals surface area (Å²) in [5.74, 6) is 0. The van der Waals surface area contributed by atoms with E-state index in [9.17, 15) is 9.59 Å². The van der Waals surface area contributed by atoms with Crippen LogP contribution in [-0.4, -0.2) is 19.5 Å². The molecule has 0 atom stereocenters. The summed E-state index contributed by atoms with van der Waals surface area (Å²) in [6.07, 6.45) is 3.11. The molecule has 2 rings (SSSR count). The molecule has 0 amide bonds. The summed E-state index contributed by atoms with van der Waals surface area (Å²) in [4.78, 5) is 34.0. The van der Waals surface area contributed by atoms with E-state index < -0.39 is 5.69 Å². The van der Waals surface area contributed by atoms with Crippen LogP contribution in [0, 0.1) is 6.92 Å². The molecule has 0 spiro atoms. The van der Waals surface area contributed by atoms with Gasteiger partial charge in [-0.05, 0) is 13.8 Å². The molecule has 0 saturated carbocycles. The Morgan fingerprint density at radius 1 is 1.29 bits per heavy atom. The Kier molecular flexibility index (Phi) is 2.86. The predicted octanol–water partition coefficient (Wildman–Crippen LogP) is 0.322. The lowest BCUT2D eigenvalue weighted by molar-refractivity contribution is 0.674. The maximum atomic E-state index is 11.6. The third-order valence-corrected chi connectivity index (χ3v) is 2.39. The smallest absolute Gasteiger partial charge is 0.305 e. The number of aromatic nitrogens is 4. The van der Waals surface area contributed by atoms with Crippen molar-refractivity contribution >= 4 is 0 Å². The van der Waals surface area contributed by atoms with Crippen LogP contribution in [0.15, 0.2) is 28.0 Å². The summed E-state index contributed by atoms with van der Waals surface area (Å²) in [5, 5.41) is 0. The van der Waals surface area contributed by atoms with Crippen molar-refractivity contribution in [1.82, 2.24) is 19.5 Å². The Morgan fingerprint density at radius 2 is 2.06 bits per heavy atom. The molecule has 0 radical (unpaired) electrons. The van der Waals surface area contributed by atoms with E-state index in [1.807, 2.05) is 6.92 Å². The molecule has 0 aromatic carbocycles. The van der Waals surface area contributed by atoms with Gasteiger partial charge in [0.2, 0.25) is 0 Å². The van der Waals surface area contributed by atoms with Crippen molar-refractivity contribution in [2.24, 2.45) is 0 Å². The van der Waals surface area contributed by atoms with E-state index in [0.717, 1.165) is 10.3 Å². The van der Waals surface area contributed by atoms with E-state index in [0.29, 0.717) is 17.9 Å². The first-order valence-electron chi connectivity index (χ1n) is 5.25. The Hall–Kier alpha value is -2.24. The zero-order valence-electron chi connectivity index (χ0n) is 9.60. The molecule has 1 N–H and O–H groups in total. The molecule has 6 heteroatoms. The fraction of sp³-hybridized carbons (Fsp3) is 0.273. The molecule has 2 aromatic rings. The van der Waals surface area contributed by atoms with Crippen molar-refractivity contribution in [2.45, 2.75) is 20.4 Å². The van der Waals surface area contributed by atoms with E-state index in [-0.39, 0.29) is 5.56 Å². The topological polar surface area (TPSA) is 80.6 Å². The highest BCUT2D eigenvalue weighted by Gasteiger charge is 2.05. The van der Waals surface area contributed by atoms with Gasteiger partial charge in [0.1, 0.15) is 5.69 Å². The van der Waals surface area contributed by atoms with Gasteiger partial charge in [-0.25, -0.2) is 4.79 Å². The zero-order chi connectivity index (χ0) is 12.4. The van der Waals surface area contributed by atoms with Crippen molar-refractivity contribution in [2.75, 3.05) is 0 Å². The van der Waals surface area contributed by atoms with E-state index in [1.165, 1.54) is 12.3 Å². The lowest BCUT2D eigenvalue weighted by Crippen LogP contribution is -2.34. The summed E-state index contributed by atoms with van der Waals surface area (Å²) in [5.41, 5.74) is 0.870. The summed E-state index contributed by atoms with van der Waals surface area (Å²) >= 11 is 0. The molecule has 0 bridgehead atoms. The monoisotopic (exact) mass is 232 g/mol. The fourth-order valence-corrected chi connectivity index (χ4v) is 1.49. The molecule has 17 heavy (non-hydrogen) atoms. The van der Waals surface area contributed by atoms with Gasteiger partial charge in [0.05, 0.1) is 17.6 Å². The Labute approximate surface area is 97.0 Å². The predicted molar refractivity (Wildman–Crippen MR) is 62.8 cm³/mol. The normalized spacial score (nSPS) is 10.5. The number of rotatable bonds is 2. The van der Waals surface area contributed by atoms with Crippen LogP contribution in [0.1, 0.15) is 12.6 Å². The minimum atomic E-state index is -0.433. The van der Waals surface area contributed by atoms with Crippen LogP contribution in [-0.2, 0) is 6.54 Å². The molecular formula is C11H12N4O2. The van der Waals surface area contributed by atoms with Gasteiger partial charge in [-0.3, -0.25) is 19.3 Å². The average molecular weight is 232 g/mol. The van der Waals surface area contributed by atoms with Crippen LogP contribution < -0.4 is 11.2 Å². The number of nitrogens with zero attached hydrogens (tertiary/aromatic N) is 3. The minimum Gasteiger partial charge on any atom is -0.305 e. The number of aromatic amines is 1. The highest BCUT2D eigenvalue weighted by atomic mass is 16.2. The molecule has 0 aliphatic heterocycles. The first-order valence-corrected chi connectivity index (χ1v) is 5.25. The van der Waals surface area contributed by atoms with Crippen LogP contribution >= 0.6 is 0 Å². The molecule has 2 aromatic heterocycles. The minimum absolute atomic E-state index is 0.339. The van der Waals surface area contributed by atoms with E-state index in [1.54, 1.807) is 13.1 Å². The summed E-state index contributed by atoms with van der Waals surface area (Å²) < 4.78 is 1.12. The SMILES string of the molecule is CCn1c(=O)cc(-c2cnc(C)cn2)[nH]c1=O. The lowest BCUT2D eigenvalue weighted by atomic mass is 10.3. The quantitative estimate of drug-likeness (QED) is 0.808. The molecule has 6 nitrogen and oxygen atoms in total. The highest BCUT2D eigenvalue weighted by molar-refractivity contribution is 5.51. The second-order valence-electron chi connectivity index (χ2n) is 3.61. The largest absolute Gasteiger partial charge is 0.328 e. The Balaban J connectivity index is 2.58. The molecule has 88 valence electrons. The van der Waals surface area contributed by atoms with Crippen LogP contribution in [0.25, 0.3) is 11.4 Å². The number of H-pyrrole nitrogens is 1. The van der Waals surface area contributed by atoms with Gasteiger partial charge in [0.15, 0.2) is 0 Å². The molecule has 0 fully saturated rings. The first kappa shape index (κ1) is 11.3. The van der Waals surface area contributed by atoms with E-state index in [4.69, 9.17) is 0 Å². The van der Waals surface area contributed by atoms with Crippen LogP contribution in [0.4, 0.5) is 0 Å². The molecule has 2 heterocycles. The number of aryl methyl sites for hydroxylation is 1. The van der Waals surface area contributed by atoms with E-state index in [2.05, 4.69) is 15.0 Å². The summed E-state index contributed by atoms with van der Waals surface area (Å²) in [7, 11) is 0. The number of hydrogen-bond donors (Lipinski definition) is 1. The van der Waals surface area contributed by atoms with Gasteiger partial charge >= 0.3 is 5.69 Å². The van der Waals surface area contributed by atoms with Gasteiger partial charge in [-0.15, -0.1) is 0 Å². The highest BCUT2D eigenvalue weighted by Crippen LogP contribution is 2.08. The zero-order valence-corrected chi connectivity index (χ0v) is 9.60. The molecule has 0 saturated heterocycles. The van der Waals surface area contributed by atoms with Gasteiger partial charge in [0, 0.05) is 18.8 Å². The lowest BCUT2D eigenvalue weighted by Gasteiger charge is -2.03. The summed E-state index contributed by atoms with van der Waals surface area (Å²) in [6.45, 7) is 3.89. The molecule has 0 unspecified atom stereocenters. The maximum Gasteiger partial charge on any atom is 0.328 e. The van der Waals surface area contributed by atoms with Crippen LogP contribution in [0.3, 0.4) is 0 Å². The summed E-state index contributed by atoms with van der Waals surface area (Å²) in [6, 6.07) is 1.35. The van der Waals surface area contributed by atoms with Crippen molar-refractivity contribution in [3.05, 3.63) is 45.0 Å². The van der Waals surface area contributed by atoms with Crippen molar-refractivity contribution < 1.29 is 0 Å². The maximum absolute atomic E-state index is 11.6. The number of nitrogens with one attached hydrogen (secondary N) is 1. The van der Waals surface area contributed by atoms with Crippen molar-refractivity contribution in [3.8, 4) is 11.4 Å². The third-order valence-electron chi connectivity index (χ3n) is 2.39. The third kappa shape index (κ3) is 2.15. The Morgan fingerprint density at radius 3 is 2.59 bits per heavy atom. The molecular weight excluding hydrogens is 220 g/mol. The van der Waals surface area contributed by atoms with Gasteiger partial charge in [0.25, 0.3) is 5.56 Å². The van der Waals surface area contributed by atoms with Gasteiger partial charge in [-0.2, -0.15) is 0 Å². The van der Waals surface area contributed by atoms with Crippen molar-refractivity contribution in [3.63, 3.8) is 0 Å². The van der Waals surface area contributed by atoms with Crippen molar-refractivity contribution in [1.29, 1.82) is 0 Å². The second kappa shape index (κ2) is 4.32. The Bertz CT molecular complexity index is 609. The second-order valence-corrected chi connectivity index (χ2v) is 3.61. The van der Waals surface area contributed by atoms with Crippen LogP contribution in [0.5, 0.6) is 0 Å².